The number of rotatable bonds is 5. The molecule has 0 aliphatic carbocycles. The minimum absolute atomic E-state index is 0.00775. The summed E-state index contributed by atoms with van der Waals surface area (Å²) in [6, 6.07) is 2.82. The highest BCUT2D eigenvalue weighted by atomic mass is 35.5. The summed E-state index contributed by atoms with van der Waals surface area (Å²) >= 11 is 6.24. The van der Waals surface area contributed by atoms with E-state index in [1.54, 1.807) is 18.9 Å². The molecule has 0 saturated carbocycles. The van der Waals surface area contributed by atoms with Crippen LogP contribution in [0.2, 0.25) is 5.02 Å². The van der Waals surface area contributed by atoms with E-state index in [2.05, 4.69) is 0 Å². The van der Waals surface area contributed by atoms with Gasteiger partial charge in [-0.15, -0.1) is 0 Å². The fraction of sp³-hybridized carbons (Fsp3) is 0.533. The smallest absolute Gasteiger partial charge is 0.271 e. The maximum Gasteiger partial charge on any atom is 0.271 e. The van der Waals surface area contributed by atoms with Crippen LogP contribution < -0.4 is 4.90 Å². The van der Waals surface area contributed by atoms with Gasteiger partial charge in [-0.05, 0) is 18.9 Å². The van der Waals surface area contributed by atoms with Crippen molar-refractivity contribution < 1.29 is 14.5 Å². The standard InChI is InChI=1S/C15H20ClN3O4/c1-11-8-12(19(21)22)9-13(16)15(11)18-5-3-4-17(6-7-23-2)14(20)10-18/h8-9H,3-7,10H2,1-2H3. The highest BCUT2D eigenvalue weighted by Crippen LogP contribution is 2.34. The first-order chi connectivity index (χ1) is 10.9. The maximum atomic E-state index is 12.4. The van der Waals surface area contributed by atoms with Crippen LogP contribution in [0.3, 0.4) is 0 Å². The number of nitro benzene ring substituents is 1. The van der Waals surface area contributed by atoms with Crippen molar-refractivity contribution in [1.82, 2.24) is 4.90 Å². The van der Waals surface area contributed by atoms with E-state index in [0.29, 0.717) is 42.5 Å². The third-order valence-electron chi connectivity index (χ3n) is 3.87. The molecule has 0 N–H and O–H groups in total. The minimum Gasteiger partial charge on any atom is -0.383 e. The number of carbonyl (C=O) groups is 1. The fourth-order valence-corrected chi connectivity index (χ4v) is 3.15. The Hall–Kier alpha value is -1.86. The molecule has 0 atom stereocenters. The monoisotopic (exact) mass is 341 g/mol. The van der Waals surface area contributed by atoms with Gasteiger partial charge in [-0.3, -0.25) is 14.9 Å². The highest BCUT2D eigenvalue weighted by molar-refractivity contribution is 6.33. The average molecular weight is 342 g/mol. The molecule has 0 radical (unpaired) electrons. The second kappa shape index (κ2) is 7.61. The number of benzene rings is 1. The predicted octanol–water partition coefficient (Wildman–Crippen LogP) is 2.24. The Bertz CT molecular complexity index is 585. The van der Waals surface area contributed by atoms with E-state index in [9.17, 15) is 14.9 Å². The van der Waals surface area contributed by atoms with E-state index < -0.39 is 4.92 Å². The van der Waals surface area contributed by atoms with Gasteiger partial charge >= 0.3 is 0 Å². The van der Waals surface area contributed by atoms with E-state index >= 15 is 0 Å². The first-order valence-electron chi connectivity index (χ1n) is 7.40. The van der Waals surface area contributed by atoms with Crippen molar-refractivity contribution in [2.24, 2.45) is 0 Å². The van der Waals surface area contributed by atoms with Crippen LogP contribution in [0.15, 0.2) is 12.1 Å². The summed E-state index contributed by atoms with van der Waals surface area (Å²) in [4.78, 5) is 26.5. The number of hydrogen-bond donors (Lipinski definition) is 0. The summed E-state index contributed by atoms with van der Waals surface area (Å²) in [6.45, 7) is 4.39. The van der Waals surface area contributed by atoms with Gasteiger partial charge < -0.3 is 14.5 Å². The molecule has 1 aliphatic rings. The molecule has 0 bridgehead atoms. The molecule has 1 heterocycles. The van der Waals surface area contributed by atoms with Crippen LogP contribution in [0.25, 0.3) is 0 Å². The molecule has 0 spiro atoms. The highest BCUT2D eigenvalue weighted by Gasteiger charge is 2.25. The first-order valence-corrected chi connectivity index (χ1v) is 7.78. The van der Waals surface area contributed by atoms with Gasteiger partial charge in [0.05, 0.1) is 28.8 Å². The Kier molecular flexibility index (Phi) is 5.79. The topological polar surface area (TPSA) is 75.9 Å². The largest absolute Gasteiger partial charge is 0.383 e. The number of nitro groups is 1. The van der Waals surface area contributed by atoms with Crippen LogP contribution in [0, 0.1) is 17.0 Å². The van der Waals surface area contributed by atoms with E-state index in [1.165, 1.54) is 12.1 Å². The van der Waals surface area contributed by atoms with Gasteiger partial charge in [0.25, 0.3) is 5.69 Å². The van der Waals surface area contributed by atoms with Crippen molar-refractivity contribution in [3.8, 4) is 0 Å². The summed E-state index contributed by atoms with van der Waals surface area (Å²) in [5.41, 5.74) is 1.35. The van der Waals surface area contributed by atoms with Crippen molar-refractivity contribution in [2.75, 3.05) is 44.8 Å². The van der Waals surface area contributed by atoms with Crippen molar-refractivity contribution in [2.45, 2.75) is 13.3 Å². The Morgan fingerprint density at radius 1 is 1.39 bits per heavy atom. The maximum absolute atomic E-state index is 12.4. The molecule has 0 unspecified atom stereocenters. The van der Waals surface area contributed by atoms with Crippen LogP contribution in [0.4, 0.5) is 11.4 Å². The van der Waals surface area contributed by atoms with Gasteiger partial charge in [0.15, 0.2) is 0 Å². The van der Waals surface area contributed by atoms with E-state index in [-0.39, 0.29) is 18.1 Å². The molecule has 0 aromatic heterocycles. The number of nitrogens with zero attached hydrogens (tertiary/aromatic N) is 3. The number of ether oxygens (including phenoxy) is 1. The number of amides is 1. The molecule has 126 valence electrons. The van der Waals surface area contributed by atoms with Crippen LogP contribution in [-0.2, 0) is 9.53 Å². The lowest BCUT2D eigenvalue weighted by Gasteiger charge is -2.25. The molecular formula is C15H20ClN3O4. The molecule has 1 saturated heterocycles. The van der Waals surface area contributed by atoms with Crippen LogP contribution >= 0.6 is 11.6 Å². The van der Waals surface area contributed by atoms with Crippen LogP contribution in [0.5, 0.6) is 0 Å². The zero-order valence-electron chi connectivity index (χ0n) is 13.2. The predicted molar refractivity (Wildman–Crippen MR) is 88.1 cm³/mol. The molecule has 1 aromatic carbocycles. The summed E-state index contributed by atoms with van der Waals surface area (Å²) in [6.07, 6.45) is 0.808. The lowest BCUT2D eigenvalue weighted by Crippen LogP contribution is -2.38. The molecule has 1 amide bonds. The number of carbonyl (C=O) groups excluding carboxylic acids is 1. The van der Waals surface area contributed by atoms with Gasteiger partial charge in [0, 0.05) is 38.9 Å². The second-order valence-electron chi connectivity index (χ2n) is 5.50. The molecule has 1 aromatic rings. The van der Waals surface area contributed by atoms with Gasteiger partial charge in [-0.2, -0.15) is 0 Å². The number of non-ortho nitro benzene ring substituents is 1. The first kappa shape index (κ1) is 17.5. The van der Waals surface area contributed by atoms with E-state index in [4.69, 9.17) is 16.3 Å². The lowest BCUT2D eigenvalue weighted by molar-refractivity contribution is -0.384. The summed E-state index contributed by atoms with van der Waals surface area (Å²) in [5, 5.41) is 11.2. The van der Waals surface area contributed by atoms with Crippen molar-refractivity contribution in [3.05, 3.63) is 32.8 Å². The average Bonchev–Trinajstić information content (AvgIpc) is 2.66. The van der Waals surface area contributed by atoms with Crippen molar-refractivity contribution in [3.63, 3.8) is 0 Å². The number of halogens is 1. The Labute approximate surface area is 139 Å². The molecule has 1 fully saturated rings. The summed E-state index contributed by atoms with van der Waals surface area (Å²) in [5.74, 6) is 0.00775. The van der Waals surface area contributed by atoms with Crippen LogP contribution in [-0.4, -0.2) is 55.6 Å². The molecule has 8 heteroatoms. The number of anilines is 1. The third kappa shape index (κ3) is 4.11. The Morgan fingerprint density at radius 2 is 2.13 bits per heavy atom. The quantitative estimate of drug-likeness (QED) is 0.606. The van der Waals surface area contributed by atoms with Crippen LogP contribution in [0.1, 0.15) is 12.0 Å². The number of aryl methyl sites for hydroxylation is 1. The van der Waals surface area contributed by atoms with Gasteiger partial charge in [-0.25, -0.2) is 0 Å². The van der Waals surface area contributed by atoms with Crippen molar-refractivity contribution in [1.29, 1.82) is 0 Å². The van der Waals surface area contributed by atoms with Crippen molar-refractivity contribution >= 4 is 28.9 Å². The second-order valence-corrected chi connectivity index (χ2v) is 5.91. The number of methoxy groups -OCH3 is 1. The van der Waals surface area contributed by atoms with Gasteiger partial charge in [-0.1, -0.05) is 11.6 Å². The zero-order chi connectivity index (χ0) is 17.0. The normalized spacial score (nSPS) is 15.7. The summed E-state index contributed by atoms with van der Waals surface area (Å²) in [7, 11) is 1.61. The Balaban J connectivity index is 2.22. The molecule has 1 aliphatic heterocycles. The van der Waals surface area contributed by atoms with Gasteiger partial charge in [0.2, 0.25) is 5.91 Å². The fourth-order valence-electron chi connectivity index (χ4n) is 2.77. The molecule has 2 rings (SSSR count). The van der Waals surface area contributed by atoms with E-state index in [1.807, 2.05) is 4.90 Å². The molecule has 7 nitrogen and oxygen atoms in total. The third-order valence-corrected chi connectivity index (χ3v) is 4.15. The lowest BCUT2D eigenvalue weighted by atomic mass is 10.1. The number of hydrogen-bond acceptors (Lipinski definition) is 5. The van der Waals surface area contributed by atoms with E-state index in [0.717, 1.165) is 6.42 Å². The minimum atomic E-state index is -0.470. The zero-order valence-corrected chi connectivity index (χ0v) is 14.0. The summed E-state index contributed by atoms with van der Waals surface area (Å²) < 4.78 is 5.03. The SMILES string of the molecule is COCCN1CCCN(c2c(C)cc([N+](=O)[O-])cc2Cl)CC1=O. The molecular weight excluding hydrogens is 322 g/mol. The van der Waals surface area contributed by atoms with Gasteiger partial charge in [0.1, 0.15) is 0 Å². The molecule has 23 heavy (non-hydrogen) atoms. The Morgan fingerprint density at radius 3 is 2.74 bits per heavy atom.